The molecular weight excluding hydrogens is 439 g/mol. The van der Waals surface area contributed by atoms with Crippen molar-refractivity contribution >= 4 is 45.9 Å². The van der Waals surface area contributed by atoms with Crippen LogP contribution in [0.1, 0.15) is 6.42 Å². The first-order chi connectivity index (χ1) is 14.9. The Kier molecular flexibility index (Phi) is 6.22. The number of hydrogen-bond donors (Lipinski definition) is 2. The van der Waals surface area contributed by atoms with Crippen LogP contribution in [0.4, 0.5) is 11.8 Å². The van der Waals surface area contributed by atoms with E-state index in [1.54, 1.807) is 12.3 Å². The topological polar surface area (TPSA) is 98.4 Å². The zero-order chi connectivity index (χ0) is 22.1. The smallest absolute Gasteiger partial charge is 0.220 e. The number of nitrogens with one attached hydrogen (secondary N) is 1. The summed E-state index contributed by atoms with van der Waals surface area (Å²) in [5.41, 5.74) is 7.56. The Bertz CT molecular complexity index is 1100. The summed E-state index contributed by atoms with van der Waals surface area (Å²) in [6, 6.07) is 3.48. The first-order valence-electron chi connectivity index (χ1n) is 9.87. The van der Waals surface area contributed by atoms with E-state index in [1.807, 2.05) is 6.07 Å². The first kappa shape index (κ1) is 21.7. The molecule has 1 atom stereocenters. The number of methoxy groups -OCH3 is 2. The molecule has 0 bridgehead atoms. The number of nitrogens with zero attached hydrogens (tertiary/aromatic N) is 4. The van der Waals surface area contributed by atoms with Gasteiger partial charge in [0.1, 0.15) is 17.0 Å². The maximum atomic E-state index is 6.62. The van der Waals surface area contributed by atoms with Crippen molar-refractivity contribution in [2.24, 2.45) is 5.92 Å². The van der Waals surface area contributed by atoms with Gasteiger partial charge in [0.25, 0.3) is 0 Å². The highest BCUT2D eigenvalue weighted by Gasteiger charge is 2.23. The summed E-state index contributed by atoms with van der Waals surface area (Å²) in [6.07, 6.45) is 2.79. The van der Waals surface area contributed by atoms with Crippen LogP contribution in [-0.2, 0) is 0 Å². The fourth-order valence-electron chi connectivity index (χ4n) is 3.85. The van der Waals surface area contributed by atoms with Crippen molar-refractivity contribution < 1.29 is 9.47 Å². The van der Waals surface area contributed by atoms with Gasteiger partial charge in [-0.15, -0.1) is 0 Å². The number of likely N-dealkylation sites (tertiary alicyclic amines) is 1. The van der Waals surface area contributed by atoms with Crippen LogP contribution in [0.15, 0.2) is 18.3 Å². The second-order valence-electron chi connectivity index (χ2n) is 7.60. The lowest BCUT2D eigenvalue weighted by Crippen LogP contribution is -2.19. The molecule has 164 valence electrons. The van der Waals surface area contributed by atoms with E-state index in [0.29, 0.717) is 50.1 Å². The number of pyridine rings is 1. The standard InChI is InChI=1S/C21H24Cl2N6O2/c1-29-5-4-11(10-29)8-25-20-19-12(9-26-21(24)28-19)6-13(27-20)16-17(22)14(30-2)7-15(31-3)18(16)23/h6-7,9,11H,4-5,8,10H2,1-3H3,(H,25,27)(H2,24,26,28). The van der Waals surface area contributed by atoms with Gasteiger partial charge in [-0.1, -0.05) is 23.2 Å². The molecule has 4 rings (SSSR count). The van der Waals surface area contributed by atoms with E-state index in [4.69, 9.17) is 43.4 Å². The third kappa shape index (κ3) is 4.28. The molecule has 1 aliphatic rings. The molecule has 31 heavy (non-hydrogen) atoms. The Hall–Kier alpha value is -2.55. The minimum atomic E-state index is 0.185. The van der Waals surface area contributed by atoms with Gasteiger partial charge in [0, 0.05) is 36.3 Å². The fourth-order valence-corrected chi connectivity index (χ4v) is 4.54. The van der Waals surface area contributed by atoms with E-state index in [-0.39, 0.29) is 5.95 Å². The number of hydrogen-bond acceptors (Lipinski definition) is 8. The summed E-state index contributed by atoms with van der Waals surface area (Å²) >= 11 is 13.2. The Morgan fingerprint density at radius 2 is 1.87 bits per heavy atom. The minimum absolute atomic E-state index is 0.185. The lowest BCUT2D eigenvalue weighted by molar-refractivity contribution is 0.395. The van der Waals surface area contributed by atoms with E-state index in [1.165, 1.54) is 14.2 Å². The van der Waals surface area contributed by atoms with E-state index >= 15 is 0 Å². The van der Waals surface area contributed by atoms with E-state index in [9.17, 15) is 0 Å². The molecule has 1 fully saturated rings. The third-order valence-corrected chi connectivity index (χ3v) is 6.21. The second kappa shape index (κ2) is 8.90. The first-order valence-corrected chi connectivity index (χ1v) is 10.6. The molecule has 3 N–H and O–H groups in total. The van der Waals surface area contributed by atoms with E-state index < -0.39 is 0 Å². The number of fused-ring (bicyclic) bond motifs is 1. The number of benzene rings is 1. The van der Waals surface area contributed by atoms with Gasteiger partial charge in [-0.2, -0.15) is 0 Å². The van der Waals surface area contributed by atoms with Crippen LogP contribution in [0.5, 0.6) is 11.5 Å². The van der Waals surface area contributed by atoms with Crippen LogP contribution in [-0.4, -0.2) is 60.8 Å². The van der Waals surface area contributed by atoms with Crippen LogP contribution in [0.3, 0.4) is 0 Å². The highest BCUT2D eigenvalue weighted by Crippen LogP contribution is 2.46. The summed E-state index contributed by atoms with van der Waals surface area (Å²) in [5, 5.41) is 4.91. The molecule has 1 aliphatic heterocycles. The number of halogens is 2. The Morgan fingerprint density at radius 3 is 2.48 bits per heavy atom. The van der Waals surface area contributed by atoms with Gasteiger partial charge in [-0.05, 0) is 32.0 Å². The number of rotatable bonds is 6. The monoisotopic (exact) mass is 462 g/mol. The summed E-state index contributed by atoms with van der Waals surface area (Å²) < 4.78 is 10.8. The molecule has 3 heterocycles. The van der Waals surface area contributed by atoms with E-state index in [0.717, 1.165) is 31.4 Å². The fraction of sp³-hybridized carbons (Fsp3) is 0.381. The average Bonchev–Trinajstić information content (AvgIpc) is 3.17. The van der Waals surface area contributed by atoms with Crippen LogP contribution in [0.25, 0.3) is 22.2 Å². The van der Waals surface area contributed by atoms with Crippen LogP contribution >= 0.6 is 23.2 Å². The normalized spacial score (nSPS) is 16.6. The number of nitrogen functional groups attached to an aromatic ring is 1. The predicted octanol–water partition coefficient (Wildman–Crippen LogP) is 3.96. The molecule has 1 aromatic carbocycles. The molecule has 8 nitrogen and oxygen atoms in total. The van der Waals surface area contributed by atoms with Crippen molar-refractivity contribution in [3.8, 4) is 22.8 Å². The zero-order valence-corrected chi connectivity index (χ0v) is 19.1. The van der Waals surface area contributed by atoms with Crippen molar-refractivity contribution in [3.05, 3.63) is 28.4 Å². The SMILES string of the molecule is COc1cc(OC)c(Cl)c(-c2cc3cnc(N)nc3c(NCC3CCN(C)C3)n2)c1Cl. The summed E-state index contributed by atoms with van der Waals surface area (Å²) in [7, 11) is 5.20. The summed E-state index contributed by atoms with van der Waals surface area (Å²) in [6.45, 7) is 2.89. The van der Waals surface area contributed by atoms with Crippen LogP contribution in [0.2, 0.25) is 10.0 Å². The highest BCUT2D eigenvalue weighted by atomic mass is 35.5. The van der Waals surface area contributed by atoms with Crippen molar-refractivity contribution in [3.63, 3.8) is 0 Å². The maximum Gasteiger partial charge on any atom is 0.220 e. The van der Waals surface area contributed by atoms with Gasteiger partial charge in [0.05, 0.1) is 30.0 Å². The van der Waals surface area contributed by atoms with Gasteiger partial charge in [-0.3, -0.25) is 0 Å². The number of aromatic nitrogens is 3. The number of anilines is 2. The average molecular weight is 463 g/mol. The number of nitrogens with two attached hydrogens (primary N) is 1. The molecule has 3 aromatic rings. The van der Waals surface area contributed by atoms with Gasteiger partial charge < -0.3 is 25.4 Å². The molecule has 0 radical (unpaired) electrons. The number of ether oxygens (including phenoxy) is 2. The van der Waals surface area contributed by atoms with Crippen LogP contribution < -0.4 is 20.5 Å². The van der Waals surface area contributed by atoms with Crippen molar-refractivity contribution in [2.75, 3.05) is 52.0 Å². The van der Waals surface area contributed by atoms with Crippen LogP contribution in [0, 0.1) is 5.92 Å². The molecule has 10 heteroatoms. The largest absolute Gasteiger partial charge is 0.495 e. The molecule has 1 saturated heterocycles. The predicted molar refractivity (Wildman–Crippen MR) is 124 cm³/mol. The zero-order valence-electron chi connectivity index (χ0n) is 17.6. The lowest BCUT2D eigenvalue weighted by Gasteiger charge is -2.17. The van der Waals surface area contributed by atoms with Crippen molar-refractivity contribution in [1.29, 1.82) is 0 Å². The molecule has 2 aromatic heterocycles. The summed E-state index contributed by atoms with van der Waals surface area (Å²) in [5.74, 6) is 2.19. The summed E-state index contributed by atoms with van der Waals surface area (Å²) in [4.78, 5) is 15.7. The quantitative estimate of drug-likeness (QED) is 0.567. The van der Waals surface area contributed by atoms with Crippen molar-refractivity contribution in [2.45, 2.75) is 6.42 Å². The van der Waals surface area contributed by atoms with Gasteiger partial charge >= 0.3 is 0 Å². The van der Waals surface area contributed by atoms with Gasteiger partial charge in [0.15, 0.2) is 5.82 Å². The molecule has 0 saturated carbocycles. The molecule has 0 amide bonds. The van der Waals surface area contributed by atoms with Crippen molar-refractivity contribution in [1.82, 2.24) is 19.9 Å². The second-order valence-corrected chi connectivity index (χ2v) is 8.36. The highest BCUT2D eigenvalue weighted by molar-refractivity contribution is 6.41. The van der Waals surface area contributed by atoms with Gasteiger partial charge in [0.2, 0.25) is 5.95 Å². The lowest BCUT2D eigenvalue weighted by atomic mass is 10.1. The minimum Gasteiger partial charge on any atom is -0.495 e. The Balaban J connectivity index is 1.83. The molecule has 0 spiro atoms. The van der Waals surface area contributed by atoms with E-state index in [2.05, 4.69) is 27.2 Å². The molecule has 1 unspecified atom stereocenters. The molecular formula is C21H24Cl2N6O2. The Morgan fingerprint density at radius 1 is 1.16 bits per heavy atom. The Labute approximate surface area is 190 Å². The maximum absolute atomic E-state index is 6.62. The molecule has 0 aliphatic carbocycles. The van der Waals surface area contributed by atoms with Gasteiger partial charge in [-0.25, -0.2) is 15.0 Å². The third-order valence-electron chi connectivity index (χ3n) is 5.46.